The first-order chi connectivity index (χ1) is 10.9. The van der Waals surface area contributed by atoms with Gasteiger partial charge < -0.3 is 4.74 Å². The molecule has 0 saturated heterocycles. The molecule has 0 aliphatic heterocycles. The molecular weight excluding hydrogens is 334 g/mol. The molecule has 2 aromatic heterocycles. The predicted octanol–water partition coefficient (Wildman–Crippen LogP) is 3.39. The molecular formula is C15H19N3O3S2. The predicted molar refractivity (Wildman–Crippen MR) is 91.3 cm³/mol. The van der Waals surface area contributed by atoms with E-state index in [9.17, 15) is 9.59 Å². The summed E-state index contributed by atoms with van der Waals surface area (Å²) >= 11 is 2.68. The van der Waals surface area contributed by atoms with E-state index < -0.39 is 0 Å². The van der Waals surface area contributed by atoms with Crippen LogP contribution in [0.5, 0.6) is 0 Å². The Kier molecular flexibility index (Phi) is 5.84. The Morgan fingerprint density at radius 3 is 2.70 bits per heavy atom. The lowest BCUT2D eigenvalue weighted by atomic mass is 10.2. The minimum Gasteiger partial charge on any atom is -0.466 e. The van der Waals surface area contributed by atoms with E-state index in [-0.39, 0.29) is 24.2 Å². The third-order valence-electron chi connectivity index (χ3n) is 2.92. The lowest BCUT2D eigenvalue weighted by Gasteiger charge is -2.00. The summed E-state index contributed by atoms with van der Waals surface area (Å²) in [6.45, 7) is 8.01. The Morgan fingerprint density at radius 1 is 1.35 bits per heavy atom. The fourth-order valence-electron chi connectivity index (χ4n) is 1.83. The van der Waals surface area contributed by atoms with Crippen molar-refractivity contribution < 1.29 is 14.3 Å². The SMILES string of the molecule is CCOC(=O)Cc1csc(NC(=O)c2sc(C(C)C)nc2C)n1. The number of carbonyl (C=O) groups is 2. The van der Waals surface area contributed by atoms with Crippen molar-refractivity contribution in [3.05, 3.63) is 26.7 Å². The first-order valence-corrected chi connectivity index (χ1v) is 8.99. The summed E-state index contributed by atoms with van der Waals surface area (Å²) in [7, 11) is 0. The number of amides is 1. The van der Waals surface area contributed by atoms with Crippen LogP contribution in [0.15, 0.2) is 5.38 Å². The number of aromatic nitrogens is 2. The summed E-state index contributed by atoms with van der Waals surface area (Å²) < 4.78 is 4.88. The number of nitrogens with one attached hydrogen (secondary N) is 1. The molecule has 0 saturated carbocycles. The lowest BCUT2D eigenvalue weighted by Crippen LogP contribution is -2.12. The molecule has 0 aromatic carbocycles. The standard InChI is InChI=1S/C15H19N3O3S2/c1-5-21-11(19)6-10-7-22-15(17-10)18-13(20)12-9(4)16-14(23-12)8(2)3/h7-8H,5-6H2,1-4H3,(H,17,18,20). The van der Waals surface area contributed by atoms with Crippen LogP contribution >= 0.6 is 22.7 Å². The molecule has 0 unspecified atom stereocenters. The summed E-state index contributed by atoms with van der Waals surface area (Å²) in [5.41, 5.74) is 1.31. The highest BCUT2D eigenvalue weighted by molar-refractivity contribution is 7.15. The molecule has 23 heavy (non-hydrogen) atoms. The van der Waals surface area contributed by atoms with Crippen LogP contribution in [-0.2, 0) is 16.0 Å². The van der Waals surface area contributed by atoms with Gasteiger partial charge >= 0.3 is 5.97 Å². The Hall–Kier alpha value is -1.80. The van der Waals surface area contributed by atoms with E-state index >= 15 is 0 Å². The van der Waals surface area contributed by atoms with E-state index in [1.165, 1.54) is 22.7 Å². The number of aryl methyl sites for hydroxylation is 1. The maximum atomic E-state index is 12.3. The molecule has 2 aromatic rings. The normalized spacial score (nSPS) is 10.8. The average molecular weight is 353 g/mol. The van der Waals surface area contributed by atoms with Crippen molar-refractivity contribution in [3.63, 3.8) is 0 Å². The lowest BCUT2D eigenvalue weighted by molar-refractivity contribution is -0.142. The number of ether oxygens (including phenoxy) is 1. The summed E-state index contributed by atoms with van der Waals surface area (Å²) in [4.78, 5) is 33.0. The van der Waals surface area contributed by atoms with Gasteiger partial charge in [0, 0.05) is 11.3 Å². The Bertz CT molecular complexity index is 707. The number of rotatable bonds is 6. The molecule has 1 amide bonds. The van der Waals surface area contributed by atoms with E-state index in [1.54, 1.807) is 12.3 Å². The minimum atomic E-state index is -0.324. The molecule has 1 N–H and O–H groups in total. The van der Waals surface area contributed by atoms with Gasteiger partial charge in [-0.05, 0) is 13.8 Å². The van der Waals surface area contributed by atoms with Gasteiger partial charge in [0.2, 0.25) is 0 Å². The van der Waals surface area contributed by atoms with Crippen LogP contribution in [0.4, 0.5) is 5.13 Å². The number of thiazole rings is 2. The van der Waals surface area contributed by atoms with Crippen molar-refractivity contribution in [2.45, 2.75) is 40.0 Å². The van der Waals surface area contributed by atoms with Gasteiger partial charge in [-0.15, -0.1) is 22.7 Å². The zero-order chi connectivity index (χ0) is 17.0. The van der Waals surface area contributed by atoms with Gasteiger partial charge in [0.1, 0.15) is 4.88 Å². The van der Waals surface area contributed by atoms with Crippen LogP contribution in [0.3, 0.4) is 0 Å². The summed E-state index contributed by atoms with van der Waals surface area (Å²) in [6, 6.07) is 0. The van der Waals surface area contributed by atoms with Gasteiger partial charge in [-0.2, -0.15) is 0 Å². The topological polar surface area (TPSA) is 81.2 Å². The maximum Gasteiger partial charge on any atom is 0.311 e. The van der Waals surface area contributed by atoms with E-state index in [1.807, 2.05) is 20.8 Å². The maximum absolute atomic E-state index is 12.3. The first-order valence-electron chi connectivity index (χ1n) is 7.29. The smallest absolute Gasteiger partial charge is 0.311 e. The molecule has 0 spiro atoms. The fourth-order valence-corrected chi connectivity index (χ4v) is 3.50. The van der Waals surface area contributed by atoms with E-state index in [0.29, 0.717) is 22.3 Å². The molecule has 0 radical (unpaired) electrons. The third-order valence-corrected chi connectivity index (χ3v) is 5.18. The van der Waals surface area contributed by atoms with Gasteiger partial charge in [-0.3, -0.25) is 14.9 Å². The Morgan fingerprint density at radius 2 is 2.09 bits per heavy atom. The van der Waals surface area contributed by atoms with Gasteiger partial charge in [-0.1, -0.05) is 13.8 Å². The molecule has 124 valence electrons. The van der Waals surface area contributed by atoms with Crippen LogP contribution in [0.25, 0.3) is 0 Å². The van der Waals surface area contributed by atoms with Crippen LogP contribution in [0.1, 0.15) is 52.8 Å². The van der Waals surface area contributed by atoms with Crippen molar-refractivity contribution in [2.24, 2.45) is 0 Å². The summed E-state index contributed by atoms with van der Waals surface area (Å²) in [5, 5.41) is 5.91. The van der Waals surface area contributed by atoms with Crippen LogP contribution in [0, 0.1) is 6.92 Å². The molecule has 2 rings (SSSR count). The second kappa shape index (κ2) is 7.65. The quantitative estimate of drug-likeness (QED) is 0.805. The average Bonchev–Trinajstić information content (AvgIpc) is 3.06. The summed E-state index contributed by atoms with van der Waals surface area (Å²) in [6.07, 6.45) is 0.108. The van der Waals surface area contributed by atoms with Crippen molar-refractivity contribution in [2.75, 3.05) is 11.9 Å². The van der Waals surface area contributed by atoms with Crippen LogP contribution in [0.2, 0.25) is 0 Å². The number of esters is 1. The number of nitrogens with zero attached hydrogens (tertiary/aromatic N) is 2. The van der Waals surface area contributed by atoms with Crippen molar-refractivity contribution in [3.8, 4) is 0 Å². The monoisotopic (exact) mass is 353 g/mol. The van der Waals surface area contributed by atoms with Crippen LogP contribution in [-0.4, -0.2) is 28.5 Å². The van der Waals surface area contributed by atoms with E-state index in [4.69, 9.17) is 4.74 Å². The second-order valence-electron chi connectivity index (χ2n) is 5.20. The van der Waals surface area contributed by atoms with Crippen molar-refractivity contribution >= 4 is 39.7 Å². The highest BCUT2D eigenvalue weighted by Gasteiger charge is 2.18. The first kappa shape index (κ1) is 17.6. The zero-order valence-corrected chi connectivity index (χ0v) is 15.1. The van der Waals surface area contributed by atoms with Crippen molar-refractivity contribution in [1.82, 2.24) is 9.97 Å². The van der Waals surface area contributed by atoms with Gasteiger partial charge in [0.15, 0.2) is 5.13 Å². The number of carbonyl (C=O) groups excluding carboxylic acids is 2. The molecule has 0 fully saturated rings. The zero-order valence-electron chi connectivity index (χ0n) is 13.5. The van der Waals surface area contributed by atoms with E-state index in [0.717, 1.165) is 10.7 Å². The largest absolute Gasteiger partial charge is 0.466 e. The summed E-state index contributed by atoms with van der Waals surface area (Å²) in [5.74, 6) is -0.254. The molecule has 6 nitrogen and oxygen atoms in total. The highest BCUT2D eigenvalue weighted by Crippen LogP contribution is 2.26. The fraction of sp³-hybridized carbons (Fsp3) is 0.467. The Labute approximate surface area is 142 Å². The molecule has 0 atom stereocenters. The number of anilines is 1. The van der Waals surface area contributed by atoms with Gasteiger partial charge in [0.25, 0.3) is 5.91 Å². The third kappa shape index (κ3) is 4.59. The Balaban J connectivity index is 2.03. The van der Waals surface area contributed by atoms with Crippen LogP contribution < -0.4 is 5.32 Å². The van der Waals surface area contributed by atoms with Gasteiger partial charge in [0.05, 0.1) is 29.4 Å². The molecule has 2 heterocycles. The minimum absolute atomic E-state index is 0.108. The van der Waals surface area contributed by atoms with Gasteiger partial charge in [-0.25, -0.2) is 9.97 Å². The molecule has 0 aliphatic rings. The molecule has 0 bridgehead atoms. The van der Waals surface area contributed by atoms with Crippen molar-refractivity contribution in [1.29, 1.82) is 0 Å². The number of hydrogen-bond acceptors (Lipinski definition) is 7. The highest BCUT2D eigenvalue weighted by atomic mass is 32.1. The number of hydrogen-bond donors (Lipinski definition) is 1. The van der Waals surface area contributed by atoms with E-state index in [2.05, 4.69) is 15.3 Å². The molecule has 0 aliphatic carbocycles. The molecule has 8 heteroatoms. The second-order valence-corrected chi connectivity index (χ2v) is 7.09.